The molecular weight excluding hydrogens is 334 g/mol. The van der Waals surface area contributed by atoms with Crippen LogP contribution in [0.3, 0.4) is 0 Å². The minimum absolute atomic E-state index is 0.0249. The number of non-ortho nitro benzene ring substituents is 1. The van der Waals surface area contributed by atoms with Gasteiger partial charge in [0.15, 0.2) is 0 Å². The molecule has 0 atom stereocenters. The normalized spacial score (nSPS) is 11.5. The Labute approximate surface area is 149 Å². The molecule has 0 aliphatic carbocycles. The van der Waals surface area contributed by atoms with E-state index in [9.17, 15) is 14.9 Å². The van der Waals surface area contributed by atoms with Gasteiger partial charge in [-0.25, -0.2) is 10.4 Å². The number of nitro groups is 1. The maximum atomic E-state index is 12.2. The molecule has 0 spiro atoms. The lowest BCUT2D eigenvalue weighted by Gasteiger charge is -2.04. The summed E-state index contributed by atoms with van der Waals surface area (Å²) < 4.78 is 1.87. The number of carbonyl (C=O) groups excluding carboxylic acids is 1. The van der Waals surface area contributed by atoms with Gasteiger partial charge in [0.05, 0.1) is 28.1 Å². The number of hydrogen-bond acceptors (Lipinski definition) is 5. The molecule has 1 amide bonds. The van der Waals surface area contributed by atoms with E-state index in [4.69, 9.17) is 0 Å². The third kappa shape index (κ3) is 3.59. The first-order chi connectivity index (χ1) is 12.5. The summed E-state index contributed by atoms with van der Waals surface area (Å²) in [7, 11) is 1.86. The molecule has 0 aliphatic heterocycles. The molecule has 2 aromatic carbocycles. The molecule has 0 fully saturated rings. The van der Waals surface area contributed by atoms with E-state index >= 15 is 0 Å². The minimum atomic E-state index is -0.471. The first kappa shape index (κ1) is 17.3. The van der Waals surface area contributed by atoms with Crippen molar-refractivity contribution in [1.82, 2.24) is 15.0 Å². The van der Waals surface area contributed by atoms with Crippen molar-refractivity contribution >= 4 is 28.3 Å². The second kappa shape index (κ2) is 7.14. The summed E-state index contributed by atoms with van der Waals surface area (Å²) in [4.78, 5) is 27.0. The Hall–Kier alpha value is -3.55. The number of nitro benzene ring substituents is 1. The molecule has 0 bridgehead atoms. The van der Waals surface area contributed by atoms with Crippen LogP contribution in [0.15, 0.2) is 53.6 Å². The predicted molar refractivity (Wildman–Crippen MR) is 97.9 cm³/mol. The highest BCUT2D eigenvalue weighted by Gasteiger charge is 2.12. The Morgan fingerprint density at radius 1 is 1.27 bits per heavy atom. The third-order valence-electron chi connectivity index (χ3n) is 4.02. The number of aromatic nitrogens is 2. The fourth-order valence-electron chi connectivity index (χ4n) is 2.59. The number of para-hydroxylation sites is 2. The van der Waals surface area contributed by atoms with Crippen LogP contribution in [0.2, 0.25) is 0 Å². The summed E-state index contributed by atoms with van der Waals surface area (Å²) in [6, 6.07) is 13.7. The minimum Gasteiger partial charge on any atom is -0.331 e. The average molecular weight is 351 g/mol. The van der Waals surface area contributed by atoms with Crippen molar-refractivity contribution in [1.29, 1.82) is 0 Å². The Morgan fingerprint density at radius 2 is 2.04 bits per heavy atom. The first-order valence-corrected chi connectivity index (χ1v) is 7.94. The smallest absolute Gasteiger partial charge is 0.270 e. The molecule has 0 aliphatic rings. The largest absolute Gasteiger partial charge is 0.331 e. The van der Waals surface area contributed by atoms with Crippen molar-refractivity contribution in [3.05, 3.63) is 70.0 Å². The fourth-order valence-corrected chi connectivity index (χ4v) is 2.59. The molecule has 0 saturated carbocycles. The van der Waals surface area contributed by atoms with Crippen molar-refractivity contribution in [3.8, 4) is 0 Å². The first-order valence-electron chi connectivity index (χ1n) is 7.94. The van der Waals surface area contributed by atoms with Gasteiger partial charge in [-0.1, -0.05) is 24.3 Å². The van der Waals surface area contributed by atoms with Crippen LogP contribution in [0.1, 0.15) is 18.3 Å². The molecular formula is C18H17N5O3. The second-order valence-electron chi connectivity index (χ2n) is 5.79. The van der Waals surface area contributed by atoms with Gasteiger partial charge in [-0.05, 0) is 19.1 Å². The summed E-state index contributed by atoms with van der Waals surface area (Å²) in [5.74, 6) is 0.320. The number of hydrogen-bond donors (Lipinski definition) is 1. The van der Waals surface area contributed by atoms with Crippen molar-refractivity contribution < 1.29 is 9.72 Å². The summed E-state index contributed by atoms with van der Waals surface area (Å²) in [5.41, 5.74) is 5.28. The number of nitrogens with zero attached hydrogens (tertiary/aromatic N) is 4. The Kier molecular flexibility index (Phi) is 4.74. The second-order valence-corrected chi connectivity index (χ2v) is 5.79. The van der Waals surface area contributed by atoms with Crippen LogP contribution < -0.4 is 5.43 Å². The standard InChI is InChI=1S/C18H17N5O3/c1-12(13-6-5-7-14(10-13)23(25)26)20-21-18(24)11-17-19-15-8-3-4-9-16(15)22(17)2/h3-10H,11H2,1-2H3,(H,21,24)/b20-12+. The molecule has 8 heteroatoms. The zero-order valence-electron chi connectivity index (χ0n) is 14.3. The molecule has 26 heavy (non-hydrogen) atoms. The summed E-state index contributed by atoms with van der Waals surface area (Å²) >= 11 is 0. The van der Waals surface area contributed by atoms with Gasteiger partial charge in [0, 0.05) is 24.7 Å². The van der Waals surface area contributed by atoms with E-state index in [1.165, 1.54) is 12.1 Å². The van der Waals surface area contributed by atoms with Crippen molar-refractivity contribution in [3.63, 3.8) is 0 Å². The van der Waals surface area contributed by atoms with Gasteiger partial charge >= 0.3 is 0 Å². The molecule has 1 aromatic heterocycles. The molecule has 1 N–H and O–H groups in total. The Bertz CT molecular complexity index is 1020. The highest BCUT2D eigenvalue weighted by Crippen LogP contribution is 2.15. The maximum Gasteiger partial charge on any atom is 0.270 e. The van der Waals surface area contributed by atoms with E-state index in [1.54, 1.807) is 19.1 Å². The number of fused-ring (bicyclic) bond motifs is 1. The molecule has 1 heterocycles. The van der Waals surface area contributed by atoms with Crippen LogP contribution in [-0.2, 0) is 18.3 Å². The number of imidazole rings is 1. The van der Waals surface area contributed by atoms with Crippen LogP contribution >= 0.6 is 0 Å². The highest BCUT2D eigenvalue weighted by molar-refractivity contribution is 5.99. The SMILES string of the molecule is C/C(=N\NC(=O)Cc1nc2ccccc2n1C)c1cccc([N+](=O)[O-])c1. The molecule has 8 nitrogen and oxygen atoms in total. The summed E-state index contributed by atoms with van der Waals surface area (Å²) in [6.45, 7) is 1.68. The van der Waals surface area contributed by atoms with Gasteiger partial charge < -0.3 is 4.57 Å². The van der Waals surface area contributed by atoms with Crippen LogP contribution in [0.4, 0.5) is 5.69 Å². The van der Waals surface area contributed by atoms with E-state index in [-0.39, 0.29) is 18.0 Å². The van der Waals surface area contributed by atoms with E-state index < -0.39 is 4.92 Å². The highest BCUT2D eigenvalue weighted by atomic mass is 16.6. The van der Waals surface area contributed by atoms with Gasteiger partial charge in [-0.3, -0.25) is 14.9 Å². The number of benzene rings is 2. The van der Waals surface area contributed by atoms with E-state index in [1.807, 2.05) is 35.9 Å². The maximum absolute atomic E-state index is 12.2. The van der Waals surface area contributed by atoms with Gasteiger partial charge in [-0.15, -0.1) is 0 Å². The summed E-state index contributed by atoms with van der Waals surface area (Å²) in [5, 5.41) is 14.9. The lowest BCUT2D eigenvalue weighted by molar-refractivity contribution is -0.384. The van der Waals surface area contributed by atoms with Gasteiger partial charge in [0.2, 0.25) is 5.91 Å². The van der Waals surface area contributed by atoms with Crippen LogP contribution in [0, 0.1) is 10.1 Å². The number of aryl methyl sites for hydroxylation is 1. The van der Waals surface area contributed by atoms with E-state index in [2.05, 4.69) is 15.5 Å². The van der Waals surface area contributed by atoms with Gasteiger partial charge in [0.25, 0.3) is 5.69 Å². The number of carbonyl (C=O) groups is 1. The summed E-state index contributed by atoms with van der Waals surface area (Å²) in [6.07, 6.45) is 0.0803. The third-order valence-corrected chi connectivity index (χ3v) is 4.02. The number of hydrazone groups is 1. The average Bonchev–Trinajstić information content (AvgIpc) is 2.95. The van der Waals surface area contributed by atoms with Crippen molar-refractivity contribution in [2.45, 2.75) is 13.3 Å². The Balaban J connectivity index is 1.71. The van der Waals surface area contributed by atoms with Crippen LogP contribution in [0.25, 0.3) is 11.0 Å². The molecule has 132 valence electrons. The number of amides is 1. The van der Waals surface area contributed by atoms with E-state index in [0.29, 0.717) is 17.1 Å². The quantitative estimate of drug-likeness (QED) is 0.433. The van der Waals surface area contributed by atoms with E-state index in [0.717, 1.165) is 11.0 Å². The van der Waals surface area contributed by atoms with Gasteiger partial charge in [-0.2, -0.15) is 5.10 Å². The Morgan fingerprint density at radius 3 is 2.77 bits per heavy atom. The van der Waals surface area contributed by atoms with Crippen LogP contribution in [-0.4, -0.2) is 26.1 Å². The topological polar surface area (TPSA) is 102 Å². The van der Waals surface area contributed by atoms with Crippen LogP contribution in [0.5, 0.6) is 0 Å². The lowest BCUT2D eigenvalue weighted by atomic mass is 10.1. The zero-order valence-corrected chi connectivity index (χ0v) is 14.3. The predicted octanol–water partition coefficient (Wildman–Crippen LogP) is 2.56. The number of nitrogens with one attached hydrogen (secondary N) is 1. The van der Waals surface area contributed by atoms with Crippen molar-refractivity contribution in [2.24, 2.45) is 12.1 Å². The van der Waals surface area contributed by atoms with Crippen molar-refractivity contribution in [2.75, 3.05) is 0 Å². The molecule has 3 aromatic rings. The zero-order chi connectivity index (χ0) is 18.7. The molecule has 0 saturated heterocycles. The molecule has 0 unspecified atom stereocenters. The monoisotopic (exact) mass is 351 g/mol. The lowest BCUT2D eigenvalue weighted by Crippen LogP contribution is -2.22. The number of rotatable bonds is 5. The molecule has 3 rings (SSSR count). The molecule has 0 radical (unpaired) electrons. The van der Waals surface area contributed by atoms with Gasteiger partial charge in [0.1, 0.15) is 5.82 Å². The fraction of sp³-hybridized carbons (Fsp3) is 0.167.